The van der Waals surface area contributed by atoms with Crippen LogP contribution in [-0.4, -0.2) is 46.3 Å². The Morgan fingerprint density at radius 3 is 1.39 bits per heavy atom. The lowest BCUT2D eigenvalue weighted by molar-refractivity contribution is -0.158. The Labute approximate surface area is 232 Å². The first kappa shape index (κ1) is 38.2. The molecular formula is C30H59N3O5. The SMILES string of the molecule is CCCCCC(=O)N(C(=O)CCCCC)[C@@H](CCCCN)C(=O)O.CCCCCCCCCCCC(N)=O. The molecule has 0 heterocycles. The van der Waals surface area contributed by atoms with E-state index in [2.05, 4.69) is 6.92 Å². The third-order valence-electron chi connectivity index (χ3n) is 6.58. The maximum atomic E-state index is 12.5. The Hall–Kier alpha value is -1.96. The molecule has 0 aromatic carbocycles. The number of primary amides is 1. The molecule has 1 atom stereocenters. The number of carbonyl (C=O) groups is 4. The van der Waals surface area contributed by atoms with Crippen molar-refractivity contribution in [2.75, 3.05) is 6.54 Å². The van der Waals surface area contributed by atoms with Gasteiger partial charge in [0.05, 0.1) is 0 Å². The van der Waals surface area contributed by atoms with E-state index < -0.39 is 12.0 Å². The number of nitrogens with two attached hydrogens (primary N) is 2. The van der Waals surface area contributed by atoms with Gasteiger partial charge >= 0.3 is 5.97 Å². The molecule has 38 heavy (non-hydrogen) atoms. The Balaban J connectivity index is 0. The summed E-state index contributed by atoms with van der Waals surface area (Å²) in [4.78, 5) is 48.0. The number of carbonyl (C=O) groups excluding carboxylic acids is 3. The number of hydrogen-bond acceptors (Lipinski definition) is 5. The molecule has 8 nitrogen and oxygen atoms in total. The number of carboxylic acids is 1. The lowest BCUT2D eigenvalue weighted by Gasteiger charge is -2.27. The number of aliphatic carboxylic acids is 1. The molecule has 3 amide bonds. The highest BCUT2D eigenvalue weighted by Crippen LogP contribution is 2.16. The molecule has 0 aliphatic carbocycles. The molecule has 0 aliphatic heterocycles. The van der Waals surface area contributed by atoms with Gasteiger partial charge in [-0.25, -0.2) is 4.79 Å². The Morgan fingerprint density at radius 1 is 0.605 bits per heavy atom. The van der Waals surface area contributed by atoms with Gasteiger partial charge in [-0.15, -0.1) is 0 Å². The summed E-state index contributed by atoms with van der Waals surface area (Å²) in [5, 5.41) is 9.51. The molecule has 0 saturated heterocycles. The maximum Gasteiger partial charge on any atom is 0.326 e. The van der Waals surface area contributed by atoms with E-state index in [9.17, 15) is 24.3 Å². The normalized spacial score (nSPS) is 11.4. The second-order valence-electron chi connectivity index (χ2n) is 10.3. The number of imide groups is 1. The topological polar surface area (TPSA) is 144 Å². The van der Waals surface area contributed by atoms with Crippen molar-refractivity contribution in [2.24, 2.45) is 11.5 Å². The van der Waals surface area contributed by atoms with Gasteiger partial charge in [0.15, 0.2) is 0 Å². The number of unbranched alkanes of at least 4 members (excludes halogenated alkanes) is 13. The molecule has 0 aliphatic rings. The number of carboxylic acid groups (broad SMARTS) is 1. The summed E-state index contributed by atoms with van der Waals surface area (Å²) < 4.78 is 0. The van der Waals surface area contributed by atoms with Crippen LogP contribution >= 0.6 is 0 Å². The van der Waals surface area contributed by atoms with Crippen LogP contribution < -0.4 is 11.5 Å². The summed E-state index contributed by atoms with van der Waals surface area (Å²) in [6, 6.07) is -1.07. The molecule has 8 heteroatoms. The standard InChI is InChI=1S/C18H34N2O4.C12H25NO/c1-3-5-7-12-16(21)20(17(22)13-8-6-4-2)15(18(23)24)11-9-10-14-19;1-2-3-4-5-6-7-8-9-10-11-12(13)14/h15H,3-14,19H2,1-2H3,(H,23,24);2-11H2,1H3,(H2,13,14)/t15-;/m0./s1. The summed E-state index contributed by atoms with van der Waals surface area (Å²) in [5.41, 5.74) is 10.5. The predicted molar refractivity (Wildman–Crippen MR) is 156 cm³/mol. The first-order chi connectivity index (χ1) is 18.3. The first-order valence-corrected chi connectivity index (χ1v) is 15.3. The van der Waals surface area contributed by atoms with Crippen molar-refractivity contribution in [3.8, 4) is 0 Å². The number of nitrogens with zero attached hydrogens (tertiary/aromatic N) is 1. The molecule has 0 rings (SSSR count). The van der Waals surface area contributed by atoms with Gasteiger partial charge < -0.3 is 16.6 Å². The second-order valence-corrected chi connectivity index (χ2v) is 10.3. The average molecular weight is 542 g/mol. The summed E-state index contributed by atoms with van der Waals surface area (Å²) in [6.07, 6.45) is 19.2. The van der Waals surface area contributed by atoms with Crippen LogP contribution in [0.4, 0.5) is 0 Å². The van der Waals surface area contributed by atoms with Crippen molar-refractivity contribution in [3.63, 3.8) is 0 Å². The quantitative estimate of drug-likeness (QED) is 0.119. The van der Waals surface area contributed by atoms with Gasteiger partial charge in [-0.2, -0.15) is 0 Å². The van der Waals surface area contributed by atoms with Crippen molar-refractivity contribution in [1.82, 2.24) is 4.90 Å². The van der Waals surface area contributed by atoms with Crippen molar-refractivity contribution >= 4 is 23.7 Å². The summed E-state index contributed by atoms with van der Waals surface area (Å²) >= 11 is 0. The summed E-state index contributed by atoms with van der Waals surface area (Å²) in [7, 11) is 0. The van der Waals surface area contributed by atoms with Crippen molar-refractivity contribution in [1.29, 1.82) is 0 Å². The molecule has 0 fully saturated rings. The molecule has 0 bridgehead atoms. The highest BCUT2D eigenvalue weighted by Gasteiger charge is 2.33. The van der Waals surface area contributed by atoms with Crippen LogP contribution in [0.5, 0.6) is 0 Å². The predicted octanol–water partition coefficient (Wildman–Crippen LogP) is 6.48. The largest absolute Gasteiger partial charge is 0.480 e. The molecule has 5 N–H and O–H groups in total. The van der Waals surface area contributed by atoms with Crippen LogP contribution in [0.2, 0.25) is 0 Å². The second kappa shape index (κ2) is 28.1. The van der Waals surface area contributed by atoms with Gasteiger partial charge in [-0.05, 0) is 45.1 Å². The van der Waals surface area contributed by atoms with Crippen molar-refractivity contribution in [2.45, 2.75) is 162 Å². The van der Waals surface area contributed by atoms with Gasteiger partial charge in [-0.3, -0.25) is 19.3 Å². The molecule has 0 spiro atoms. The maximum absolute atomic E-state index is 12.5. The lowest BCUT2D eigenvalue weighted by atomic mass is 10.0. The fourth-order valence-electron chi connectivity index (χ4n) is 4.23. The third-order valence-corrected chi connectivity index (χ3v) is 6.58. The third kappa shape index (κ3) is 23.2. The van der Waals surface area contributed by atoms with E-state index in [1.54, 1.807) is 0 Å². The molecule has 0 unspecified atom stereocenters. The molecule has 0 aromatic rings. The zero-order valence-corrected chi connectivity index (χ0v) is 24.8. The molecular weight excluding hydrogens is 482 g/mol. The zero-order chi connectivity index (χ0) is 29.0. The Morgan fingerprint density at radius 2 is 1.00 bits per heavy atom. The molecule has 0 aromatic heterocycles. The van der Waals surface area contributed by atoms with E-state index >= 15 is 0 Å². The highest BCUT2D eigenvalue weighted by atomic mass is 16.4. The number of amides is 3. The minimum atomic E-state index is -1.11. The van der Waals surface area contributed by atoms with Crippen molar-refractivity contribution < 1.29 is 24.3 Å². The van der Waals surface area contributed by atoms with E-state index in [1.165, 1.54) is 44.9 Å². The van der Waals surface area contributed by atoms with Crippen LogP contribution in [0.1, 0.15) is 156 Å². The first-order valence-electron chi connectivity index (χ1n) is 15.3. The fraction of sp³-hybridized carbons (Fsp3) is 0.867. The van der Waals surface area contributed by atoms with Gasteiger partial charge in [0.1, 0.15) is 6.04 Å². The van der Waals surface area contributed by atoms with Crippen molar-refractivity contribution in [3.05, 3.63) is 0 Å². The minimum Gasteiger partial charge on any atom is -0.480 e. The van der Waals surface area contributed by atoms with Gasteiger partial charge in [0.2, 0.25) is 17.7 Å². The van der Waals surface area contributed by atoms with E-state index in [-0.39, 0.29) is 37.0 Å². The van der Waals surface area contributed by atoms with Crippen LogP contribution in [0.25, 0.3) is 0 Å². The van der Waals surface area contributed by atoms with Gasteiger partial charge in [-0.1, -0.05) is 97.8 Å². The average Bonchev–Trinajstić information content (AvgIpc) is 2.87. The van der Waals surface area contributed by atoms with E-state index in [1.807, 2.05) is 13.8 Å². The summed E-state index contributed by atoms with van der Waals surface area (Å²) in [5.74, 6) is -1.98. The van der Waals surface area contributed by atoms with Crippen LogP contribution in [0.3, 0.4) is 0 Å². The summed E-state index contributed by atoms with van der Waals surface area (Å²) in [6.45, 7) is 6.78. The minimum absolute atomic E-state index is 0.159. The van der Waals surface area contributed by atoms with Crippen LogP contribution in [0, 0.1) is 0 Å². The highest BCUT2D eigenvalue weighted by molar-refractivity contribution is 5.99. The van der Waals surface area contributed by atoms with Crippen LogP contribution in [0.15, 0.2) is 0 Å². The smallest absolute Gasteiger partial charge is 0.326 e. The number of hydrogen-bond donors (Lipinski definition) is 3. The van der Waals surface area contributed by atoms with Gasteiger partial charge in [0, 0.05) is 19.3 Å². The van der Waals surface area contributed by atoms with E-state index in [0.717, 1.165) is 43.4 Å². The zero-order valence-electron chi connectivity index (χ0n) is 24.8. The Bertz CT molecular complexity index is 591. The van der Waals surface area contributed by atoms with Gasteiger partial charge in [0.25, 0.3) is 0 Å². The van der Waals surface area contributed by atoms with E-state index in [4.69, 9.17) is 11.5 Å². The van der Waals surface area contributed by atoms with Crippen LogP contribution in [-0.2, 0) is 19.2 Å². The lowest BCUT2D eigenvalue weighted by Crippen LogP contribution is -2.48. The Kier molecular flexibility index (Phi) is 28.2. The van der Waals surface area contributed by atoms with E-state index in [0.29, 0.717) is 38.6 Å². The molecule has 0 radical (unpaired) electrons. The number of rotatable bonds is 24. The monoisotopic (exact) mass is 541 g/mol. The molecule has 224 valence electrons. The fourth-order valence-corrected chi connectivity index (χ4v) is 4.23. The molecule has 0 saturated carbocycles.